The first-order valence-electron chi connectivity index (χ1n) is 7.41. The van der Waals surface area contributed by atoms with E-state index in [9.17, 15) is 4.39 Å². The topological polar surface area (TPSA) is 15.8 Å². The van der Waals surface area contributed by atoms with Gasteiger partial charge in [-0.1, -0.05) is 60.3 Å². The smallest absolute Gasteiger partial charge is 0.123 e. The minimum atomic E-state index is -0.217. The van der Waals surface area contributed by atoms with Crippen LogP contribution in [0.5, 0.6) is 0 Å². The van der Waals surface area contributed by atoms with Crippen LogP contribution in [0.15, 0.2) is 88.7 Å². The molecule has 0 saturated carbocycles. The SMILES string of the molecule is Fc1ccc2[nH]c(-c3ccccc3)c(Sc3ccccc3)c2c1. The van der Waals surface area contributed by atoms with Gasteiger partial charge in [0.1, 0.15) is 5.82 Å². The highest BCUT2D eigenvalue weighted by molar-refractivity contribution is 7.99. The number of hydrogen-bond acceptors (Lipinski definition) is 1. The van der Waals surface area contributed by atoms with E-state index in [0.717, 1.165) is 32.0 Å². The minimum absolute atomic E-state index is 0.217. The second kappa shape index (κ2) is 5.94. The van der Waals surface area contributed by atoms with Crippen molar-refractivity contribution >= 4 is 22.7 Å². The molecule has 112 valence electrons. The molecule has 1 nitrogen and oxygen atoms in total. The van der Waals surface area contributed by atoms with E-state index < -0.39 is 0 Å². The fraction of sp³-hybridized carbons (Fsp3) is 0. The molecule has 4 aromatic rings. The average Bonchev–Trinajstić information content (AvgIpc) is 2.95. The van der Waals surface area contributed by atoms with Gasteiger partial charge in [0.05, 0.1) is 5.69 Å². The molecule has 4 rings (SSSR count). The summed E-state index contributed by atoms with van der Waals surface area (Å²) < 4.78 is 13.7. The number of fused-ring (bicyclic) bond motifs is 1. The number of aromatic amines is 1. The van der Waals surface area contributed by atoms with Gasteiger partial charge in [-0.05, 0) is 35.9 Å². The van der Waals surface area contributed by atoms with E-state index in [1.54, 1.807) is 23.9 Å². The molecule has 0 bridgehead atoms. The van der Waals surface area contributed by atoms with Crippen molar-refractivity contribution in [3.63, 3.8) is 0 Å². The van der Waals surface area contributed by atoms with Gasteiger partial charge in [0.25, 0.3) is 0 Å². The lowest BCUT2D eigenvalue weighted by Gasteiger charge is -2.05. The highest BCUT2D eigenvalue weighted by Crippen LogP contribution is 2.41. The van der Waals surface area contributed by atoms with E-state index in [-0.39, 0.29) is 5.82 Å². The number of aromatic nitrogens is 1. The van der Waals surface area contributed by atoms with Gasteiger partial charge >= 0.3 is 0 Å². The Morgan fingerprint density at radius 1 is 0.783 bits per heavy atom. The van der Waals surface area contributed by atoms with Crippen LogP contribution >= 0.6 is 11.8 Å². The Morgan fingerprint density at radius 2 is 1.48 bits per heavy atom. The molecule has 23 heavy (non-hydrogen) atoms. The van der Waals surface area contributed by atoms with Crippen LogP contribution in [0.1, 0.15) is 0 Å². The van der Waals surface area contributed by atoms with Crippen LogP contribution in [0, 0.1) is 5.82 Å². The Hall–Kier alpha value is -2.52. The van der Waals surface area contributed by atoms with E-state index in [1.165, 1.54) is 6.07 Å². The molecule has 0 radical (unpaired) electrons. The average molecular weight is 319 g/mol. The van der Waals surface area contributed by atoms with Crippen molar-refractivity contribution in [1.29, 1.82) is 0 Å². The lowest BCUT2D eigenvalue weighted by molar-refractivity contribution is 0.629. The lowest BCUT2D eigenvalue weighted by Crippen LogP contribution is -1.80. The third-order valence-electron chi connectivity index (χ3n) is 3.74. The van der Waals surface area contributed by atoms with Crippen molar-refractivity contribution in [3.8, 4) is 11.3 Å². The van der Waals surface area contributed by atoms with Crippen molar-refractivity contribution in [1.82, 2.24) is 4.98 Å². The van der Waals surface area contributed by atoms with Gasteiger partial charge in [-0.3, -0.25) is 0 Å². The minimum Gasteiger partial charge on any atom is -0.354 e. The van der Waals surface area contributed by atoms with Gasteiger partial charge in [-0.25, -0.2) is 4.39 Å². The number of halogens is 1. The predicted octanol–water partition coefficient (Wildman–Crippen LogP) is 6.13. The van der Waals surface area contributed by atoms with Crippen LogP contribution in [0.25, 0.3) is 22.2 Å². The molecule has 1 N–H and O–H groups in total. The summed E-state index contributed by atoms with van der Waals surface area (Å²) in [5.41, 5.74) is 3.08. The van der Waals surface area contributed by atoms with Crippen LogP contribution in [-0.2, 0) is 0 Å². The number of rotatable bonds is 3. The molecule has 0 fully saturated rings. The molecular formula is C20H14FNS. The van der Waals surface area contributed by atoms with Gasteiger partial charge in [0, 0.05) is 20.7 Å². The molecule has 0 unspecified atom stereocenters. The zero-order chi connectivity index (χ0) is 15.6. The van der Waals surface area contributed by atoms with Crippen LogP contribution in [0.2, 0.25) is 0 Å². The Balaban J connectivity index is 1.93. The van der Waals surface area contributed by atoms with Crippen molar-refractivity contribution in [2.45, 2.75) is 9.79 Å². The highest BCUT2D eigenvalue weighted by atomic mass is 32.2. The number of benzene rings is 3. The summed E-state index contributed by atoms with van der Waals surface area (Å²) in [6, 6.07) is 25.2. The summed E-state index contributed by atoms with van der Waals surface area (Å²) in [5, 5.41) is 0.915. The van der Waals surface area contributed by atoms with Gasteiger partial charge in [0.15, 0.2) is 0 Å². The van der Waals surface area contributed by atoms with Gasteiger partial charge in [0.2, 0.25) is 0 Å². The standard InChI is InChI=1S/C20H14FNS/c21-15-11-12-18-17(13-15)20(23-16-9-5-2-6-10-16)19(22-18)14-7-3-1-4-8-14/h1-13,22H. The van der Waals surface area contributed by atoms with E-state index in [2.05, 4.69) is 29.2 Å². The van der Waals surface area contributed by atoms with Crippen molar-refractivity contribution in [2.75, 3.05) is 0 Å². The molecule has 0 aliphatic carbocycles. The normalized spacial score (nSPS) is 11.0. The first-order chi connectivity index (χ1) is 11.3. The van der Waals surface area contributed by atoms with E-state index in [4.69, 9.17) is 0 Å². The molecular weight excluding hydrogens is 305 g/mol. The Morgan fingerprint density at radius 3 is 2.22 bits per heavy atom. The quantitative estimate of drug-likeness (QED) is 0.480. The maximum absolute atomic E-state index is 13.7. The van der Waals surface area contributed by atoms with Gasteiger partial charge in [-0.15, -0.1) is 0 Å². The molecule has 0 spiro atoms. The molecule has 0 amide bonds. The number of hydrogen-bond donors (Lipinski definition) is 1. The first kappa shape index (κ1) is 14.1. The third kappa shape index (κ3) is 2.76. The maximum Gasteiger partial charge on any atom is 0.123 e. The van der Waals surface area contributed by atoms with Crippen molar-refractivity contribution < 1.29 is 4.39 Å². The van der Waals surface area contributed by atoms with Crippen LogP contribution in [0.3, 0.4) is 0 Å². The Labute approximate surface area is 138 Å². The Bertz CT molecular complexity index is 945. The monoisotopic (exact) mass is 319 g/mol. The van der Waals surface area contributed by atoms with Crippen LogP contribution in [0.4, 0.5) is 4.39 Å². The van der Waals surface area contributed by atoms with Crippen molar-refractivity contribution in [3.05, 3.63) is 84.7 Å². The fourth-order valence-corrected chi connectivity index (χ4v) is 3.74. The summed E-state index contributed by atoms with van der Waals surface area (Å²) in [4.78, 5) is 5.63. The summed E-state index contributed by atoms with van der Waals surface area (Å²) in [6.07, 6.45) is 0. The van der Waals surface area contributed by atoms with E-state index >= 15 is 0 Å². The van der Waals surface area contributed by atoms with E-state index in [1.807, 2.05) is 36.4 Å². The number of H-pyrrole nitrogens is 1. The third-order valence-corrected chi connectivity index (χ3v) is 4.87. The molecule has 1 aromatic heterocycles. The molecule has 0 saturated heterocycles. The largest absolute Gasteiger partial charge is 0.354 e. The summed E-state index contributed by atoms with van der Waals surface area (Å²) in [7, 11) is 0. The second-order valence-electron chi connectivity index (χ2n) is 5.30. The molecule has 3 aromatic carbocycles. The molecule has 0 atom stereocenters. The van der Waals surface area contributed by atoms with Gasteiger partial charge in [-0.2, -0.15) is 0 Å². The summed E-state index contributed by atoms with van der Waals surface area (Å²) >= 11 is 1.66. The predicted molar refractivity (Wildman–Crippen MR) is 94.3 cm³/mol. The van der Waals surface area contributed by atoms with Crippen LogP contribution < -0.4 is 0 Å². The first-order valence-corrected chi connectivity index (χ1v) is 8.22. The molecule has 0 aliphatic heterocycles. The Kier molecular flexibility index (Phi) is 3.64. The fourth-order valence-electron chi connectivity index (χ4n) is 2.66. The highest BCUT2D eigenvalue weighted by Gasteiger charge is 2.15. The molecule has 0 aliphatic rings. The van der Waals surface area contributed by atoms with Crippen LogP contribution in [-0.4, -0.2) is 4.98 Å². The number of nitrogens with one attached hydrogen (secondary N) is 1. The zero-order valence-electron chi connectivity index (χ0n) is 12.3. The zero-order valence-corrected chi connectivity index (χ0v) is 13.1. The van der Waals surface area contributed by atoms with Gasteiger partial charge < -0.3 is 4.98 Å². The lowest BCUT2D eigenvalue weighted by atomic mass is 10.1. The summed E-state index contributed by atoms with van der Waals surface area (Å²) in [6.45, 7) is 0. The van der Waals surface area contributed by atoms with E-state index in [0.29, 0.717) is 0 Å². The second-order valence-corrected chi connectivity index (χ2v) is 6.38. The maximum atomic E-state index is 13.7. The summed E-state index contributed by atoms with van der Waals surface area (Å²) in [5.74, 6) is -0.217. The molecule has 3 heteroatoms. The molecule has 1 heterocycles. The van der Waals surface area contributed by atoms with Crippen molar-refractivity contribution in [2.24, 2.45) is 0 Å².